The van der Waals surface area contributed by atoms with Crippen molar-refractivity contribution >= 4 is 34.0 Å². The van der Waals surface area contributed by atoms with Gasteiger partial charge >= 0.3 is 0 Å². The smallest absolute Gasteiger partial charge is 0.169 e. The number of anilines is 1. The monoisotopic (exact) mass is 466 g/mol. The van der Waals surface area contributed by atoms with Gasteiger partial charge in [0.25, 0.3) is 0 Å². The Balaban J connectivity index is 1.85. The number of carbonyl (C=O) groups excluding carboxylic acids is 1. The predicted octanol–water partition coefficient (Wildman–Crippen LogP) is 6.58. The minimum atomic E-state index is -0.311. The number of benzene rings is 2. The lowest BCUT2D eigenvalue weighted by Crippen LogP contribution is -2.26. The van der Waals surface area contributed by atoms with Crippen molar-refractivity contribution < 1.29 is 15.0 Å². The Morgan fingerprint density at radius 2 is 1.88 bits per heavy atom. The molecule has 3 N–H and O–H groups in total. The molecule has 4 rings (SSSR count). The number of hydrogen-bond donors (Lipinski definition) is 3. The van der Waals surface area contributed by atoms with Gasteiger partial charge in [-0.2, -0.15) is 0 Å². The molecule has 0 radical (unpaired) electrons. The van der Waals surface area contributed by atoms with Crippen LogP contribution in [0.4, 0.5) is 5.69 Å². The number of pyridine rings is 1. The summed E-state index contributed by atoms with van der Waals surface area (Å²) in [5.74, 6) is 0.559. The van der Waals surface area contributed by atoms with Crippen molar-refractivity contribution in [1.29, 1.82) is 0 Å². The number of hydrogen-bond acceptors (Lipinski definition) is 5. The van der Waals surface area contributed by atoms with Gasteiger partial charge in [-0.1, -0.05) is 38.4 Å². The third-order valence-electron chi connectivity index (χ3n) is 6.67. The van der Waals surface area contributed by atoms with Crippen LogP contribution in [-0.2, 0) is 6.61 Å². The maximum absolute atomic E-state index is 13.1. The lowest BCUT2D eigenvalue weighted by atomic mass is 9.87. The Morgan fingerprint density at radius 3 is 2.55 bits per heavy atom. The molecule has 1 aliphatic rings. The standard InChI is InChI=1S/C27H31ClN2O3/c1-15(2)26(32)22-13-29-24-9-6-17(18-10-19(14-31)27(33)23(28)12-18)11-21(24)25(22)30-20-7-4-16(3)5-8-20/h6,9-13,15-16,20,31,33H,4-5,7-8,14H2,1-3H3,(H,29,30). The number of rotatable bonds is 6. The van der Waals surface area contributed by atoms with Crippen LogP contribution in [0.3, 0.4) is 0 Å². The van der Waals surface area contributed by atoms with Gasteiger partial charge in [0.1, 0.15) is 5.75 Å². The van der Waals surface area contributed by atoms with Crippen LogP contribution in [-0.4, -0.2) is 27.0 Å². The SMILES string of the molecule is CC1CCC(Nc2c(C(=O)C(C)C)cnc3ccc(-c4cc(Cl)c(O)c(CO)c4)cc23)CC1. The van der Waals surface area contributed by atoms with Crippen molar-refractivity contribution in [2.24, 2.45) is 11.8 Å². The number of aromatic hydroxyl groups is 1. The van der Waals surface area contributed by atoms with Gasteiger partial charge in [0.2, 0.25) is 0 Å². The molecule has 174 valence electrons. The number of carbonyl (C=O) groups is 1. The minimum Gasteiger partial charge on any atom is -0.506 e. The summed E-state index contributed by atoms with van der Waals surface area (Å²) in [5.41, 5.74) is 4.28. The van der Waals surface area contributed by atoms with Crippen LogP contribution in [0.15, 0.2) is 36.5 Å². The molecule has 1 saturated carbocycles. The number of fused-ring (bicyclic) bond motifs is 1. The maximum atomic E-state index is 13.1. The second kappa shape index (κ2) is 9.70. The largest absolute Gasteiger partial charge is 0.506 e. The average Bonchev–Trinajstić information content (AvgIpc) is 2.81. The van der Waals surface area contributed by atoms with Crippen LogP contribution in [0.25, 0.3) is 22.0 Å². The number of nitrogens with one attached hydrogen (secondary N) is 1. The lowest BCUT2D eigenvalue weighted by molar-refractivity contribution is 0.0940. The molecule has 0 atom stereocenters. The van der Waals surface area contributed by atoms with Crippen molar-refractivity contribution in [3.63, 3.8) is 0 Å². The van der Waals surface area contributed by atoms with Crippen molar-refractivity contribution in [3.8, 4) is 16.9 Å². The molecule has 0 amide bonds. The van der Waals surface area contributed by atoms with E-state index in [1.54, 1.807) is 18.3 Å². The number of halogens is 1. The van der Waals surface area contributed by atoms with E-state index in [0.29, 0.717) is 17.2 Å². The van der Waals surface area contributed by atoms with Crippen molar-refractivity contribution in [2.75, 3.05) is 5.32 Å². The first-order valence-electron chi connectivity index (χ1n) is 11.6. The molecule has 0 aliphatic heterocycles. The van der Waals surface area contributed by atoms with E-state index in [4.69, 9.17) is 11.6 Å². The third kappa shape index (κ3) is 4.85. The number of phenols is 1. The van der Waals surface area contributed by atoms with E-state index in [-0.39, 0.29) is 29.1 Å². The highest BCUT2D eigenvalue weighted by Gasteiger charge is 2.23. The highest BCUT2D eigenvalue weighted by Crippen LogP contribution is 2.37. The Bertz CT molecular complexity index is 1180. The molecule has 0 bridgehead atoms. The predicted molar refractivity (Wildman–Crippen MR) is 134 cm³/mol. The topological polar surface area (TPSA) is 82.5 Å². The summed E-state index contributed by atoms with van der Waals surface area (Å²) >= 11 is 6.21. The number of Topliss-reactive ketones (excluding diaryl/α,β-unsaturated/α-hetero) is 1. The summed E-state index contributed by atoms with van der Waals surface area (Å²) in [4.78, 5) is 17.7. The Kier molecular flexibility index (Phi) is 6.91. The van der Waals surface area contributed by atoms with Crippen LogP contribution < -0.4 is 5.32 Å². The molecule has 6 heteroatoms. The first-order valence-corrected chi connectivity index (χ1v) is 12.0. The fourth-order valence-electron chi connectivity index (χ4n) is 4.58. The van der Waals surface area contributed by atoms with Gasteiger partial charge in [-0.3, -0.25) is 9.78 Å². The number of ketones is 1. The summed E-state index contributed by atoms with van der Waals surface area (Å²) in [7, 11) is 0. The number of nitrogens with zero attached hydrogens (tertiary/aromatic N) is 1. The lowest BCUT2D eigenvalue weighted by Gasteiger charge is -2.29. The van der Waals surface area contributed by atoms with Gasteiger partial charge < -0.3 is 15.5 Å². The van der Waals surface area contributed by atoms with E-state index in [9.17, 15) is 15.0 Å². The molecule has 5 nitrogen and oxygen atoms in total. The number of aliphatic hydroxyl groups is 1. The summed E-state index contributed by atoms with van der Waals surface area (Å²) in [6.07, 6.45) is 6.20. The van der Waals surface area contributed by atoms with Crippen LogP contribution in [0, 0.1) is 11.8 Å². The molecular weight excluding hydrogens is 436 g/mol. The molecule has 1 aromatic heterocycles. The normalized spacial score (nSPS) is 18.6. The van der Waals surface area contributed by atoms with E-state index in [1.807, 2.05) is 32.0 Å². The van der Waals surface area contributed by atoms with E-state index in [0.717, 1.165) is 46.5 Å². The molecule has 1 fully saturated rings. The molecule has 1 aliphatic carbocycles. The van der Waals surface area contributed by atoms with Crippen LogP contribution in [0.2, 0.25) is 5.02 Å². The van der Waals surface area contributed by atoms with Crippen molar-refractivity contribution in [3.05, 3.63) is 52.7 Å². The summed E-state index contributed by atoms with van der Waals surface area (Å²) < 4.78 is 0. The zero-order chi connectivity index (χ0) is 23.7. The van der Waals surface area contributed by atoms with Crippen LogP contribution in [0.5, 0.6) is 5.75 Å². The average molecular weight is 467 g/mol. The molecule has 3 aromatic rings. The van der Waals surface area contributed by atoms with E-state index < -0.39 is 0 Å². The second-order valence-electron chi connectivity index (χ2n) is 9.52. The molecule has 2 aromatic carbocycles. The van der Waals surface area contributed by atoms with Crippen molar-refractivity contribution in [1.82, 2.24) is 4.98 Å². The quantitative estimate of drug-likeness (QED) is 0.357. The fourth-order valence-corrected chi connectivity index (χ4v) is 4.82. The molecule has 33 heavy (non-hydrogen) atoms. The molecular formula is C27H31ClN2O3. The number of aromatic nitrogens is 1. The van der Waals surface area contributed by atoms with Gasteiger partial charge in [-0.05, 0) is 67.0 Å². The van der Waals surface area contributed by atoms with E-state index >= 15 is 0 Å². The summed E-state index contributed by atoms with van der Waals surface area (Å²) in [6.45, 7) is 5.80. The van der Waals surface area contributed by atoms with Gasteiger partial charge in [0.15, 0.2) is 5.78 Å². The van der Waals surface area contributed by atoms with Gasteiger partial charge in [-0.25, -0.2) is 0 Å². The first kappa shape index (κ1) is 23.5. The van der Waals surface area contributed by atoms with Crippen LogP contribution >= 0.6 is 11.6 Å². The van der Waals surface area contributed by atoms with Crippen LogP contribution in [0.1, 0.15) is 62.4 Å². The van der Waals surface area contributed by atoms with Gasteiger partial charge in [-0.15, -0.1) is 0 Å². The second-order valence-corrected chi connectivity index (χ2v) is 9.93. The van der Waals surface area contributed by atoms with Gasteiger partial charge in [0.05, 0.1) is 28.4 Å². The fraction of sp³-hybridized carbons (Fsp3) is 0.407. The van der Waals surface area contributed by atoms with E-state index in [2.05, 4.69) is 17.2 Å². The summed E-state index contributed by atoms with van der Waals surface area (Å²) in [6, 6.07) is 9.62. The third-order valence-corrected chi connectivity index (χ3v) is 6.96. The Hall–Kier alpha value is -2.63. The van der Waals surface area contributed by atoms with Gasteiger partial charge in [0, 0.05) is 29.1 Å². The maximum Gasteiger partial charge on any atom is 0.169 e. The zero-order valence-corrected chi connectivity index (χ0v) is 20.1. The highest BCUT2D eigenvalue weighted by atomic mass is 35.5. The molecule has 0 spiro atoms. The minimum absolute atomic E-state index is 0.0664. The molecule has 1 heterocycles. The molecule has 0 saturated heterocycles. The Morgan fingerprint density at radius 1 is 1.15 bits per heavy atom. The Labute approximate surface area is 199 Å². The highest BCUT2D eigenvalue weighted by molar-refractivity contribution is 6.32. The number of aliphatic hydroxyl groups excluding tert-OH is 1. The van der Waals surface area contributed by atoms with E-state index in [1.165, 1.54) is 12.8 Å². The van der Waals surface area contributed by atoms with Crippen molar-refractivity contribution in [2.45, 2.75) is 59.1 Å². The first-order chi connectivity index (χ1) is 15.8. The zero-order valence-electron chi connectivity index (χ0n) is 19.4. The summed E-state index contributed by atoms with van der Waals surface area (Å²) in [5, 5.41) is 24.5. The molecule has 0 unspecified atom stereocenters.